The predicted octanol–water partition coefficient (Wildman–Crippen LogP) is 4.05. The number of halogens is 1. The van der Waals surface area contributed by atoms with E-state index >= 15 is 0 Å². The highest BCUT2D eigenvalue weighted by Gasteiger charge is 2.30. The molecule has 126 valence electrons. The molecule has 0 aromatic heterocycles. The fourth-order valence-electron chi connectivity index (χ4n) is 2.83. The molecular formula is C20H23FN2O. The quantitative estimate of drug-likeness (QED) is 0.869. The average Bonchev–Trinajstić information content (AvgIpc) is 3.37. The molecule has 2 aromatic rings. The highest BCUT2D eigenvalue weighted by Crippen LogP contribution is 2.28. The lowest BCUT2D eigenvalue weighted by atomic mass is 10.1. The van der Waals surface area contributed by atoms with Crippen molar-refractivity contribution < 1.29 is 9.18 Å². The van der Waals surface area contributed by atoms with Crippen molar-refractivity contribution >= 4 is 11.6 Å². The van der Waals surface area contributed by atoms with Crippen molar-refractivity contribution in [3.63, 3.8) is 0 Å². The summed E-state index contributed by atoms with van der Waals surface area (Å²) in [4.78, 5) is 14.5. The first-order valence-corrected chi connectivity index (χ1v) is 8.37. The molecule has 0 bridgehead atoms. The molecule has 0 radical (unpaired) electrons. The van der Waals surface area contributed by atoms with E-state index in [-0.39, 0.29) is 18.1 Å². The first-order chi connectivity index (χ1) is 11.5. The summed E-state index contributed by atoms with van der Waals surface area (Å²) in [7, 11) is 0. The molecular weight excluding hydrogens is 303 g/mol. The van der Waals surface area contributed by atoms with Crippen LogP contribution in [0.2, 0.25) is 0 Å². The van der Waals surface area contributed by atoms with E-state index in [4.69, 9.17) is 0 Å². The number of amides is 1. The second-order valence-corrected chi connectivity index (χ2v) is 6.58. The standard InChI is InChI=1S/C20H23FN2O/c1-14-7-8-16(11-15(14)2)12-23(17-9-10-17)13-20(24)22-19-6-4-3-5-18(19)21/h3-8,11,17H,9-10,12-13H2,1-2H3,(H,22,24). The van der Waals surface area contributed by atoms with E-state index in [9.17, 15) is 9.18 Å². The van der Waals surface area contributed by atoms with Crippen LogP contribution in [0.5, 0.6) is 0 Å². The van der Waals surface area contributed by atoms with Gasteiger partial charge in [0.05, 0.1) is 12.2 Å². The van der Waals surface area contributed by atoms with E-state index in [2.05, 4.69) is 42.3 Å². The summed E-state index contributed by atoms with van der Waals surface area (Å²) in [5, 5.41) is 2.67. The third-order valence-corrected chi connectivity index (χ3v) is 4.51. The Morgan fingerprint density at radius 1 is 1.17 bits per heavy atom. The number of para-hydroxylation sites is 1. The molecule has 24 heavy (non-hydrogen) atoms. The number of aryl methyl sites for hydroxylation is 2. The van der Waals surface area contributed by atoms with Gasteiger partial charge in [0, 0.05) is 12.6 Å². The number of nitrogens with zero attached hydrogens (tertiary/aromatic N) is 1. The number of carbonyl (C=O) groups is 1. The minimum atomic E-state index is -0.405. The van der Waals surface area contributed by atoms with Gasteiger partial charge in [-0.2, -0.15) is 0 Å². The Labute approximate surface area is 142 Å². The van der Waals surface area contributed by atoms with Crippen LogP contribution in [-0.4, -0.2) is 23.4 Å². The molecule has 3 rings (SSSR count). The van der Waals surface area contributed by atoms with E-state index in [0.717, 1.165) is 19.4 Å². The summed E-state index contributed by atoms with van der Waals surface area (Å²) in [5.41, 5.74) is 3.99. The molecule has 0 aliphatic heterocycles. The van der Waals surface area contributed by atoms with Crippen LogP contribution < -0.4 is 5.32 Å². The van der Waals surface area contributed by atoms with Gasteiger partial charge in [-0.15, -0.1) is 0 Å². The first-order valence-electron chi connectivity index (χ1n) is 8.37. The van der Waals surface area contributed by atoms with Gasteiger partial charge >= 0.3 is 0 Å². The molecule has 1 saturated carbocycles. The number of carbonyl (C=O) groups excluding carboxylic acids is 1. The molecule has 2 aromatic carbocycles. The molecule has 0 atom stereocenters. The second-order valence-electron chi connectivity index (χ2n) is 6.58. The molecule has 0 spiro atoms. The number of hydrogen-bond donors (Lipinski definition) is 1. The van der Waals surface area contributed by atoms with Crippen LogP contribution in [0.1, 0.15) is 29.5 Å². The highest BCUT2D eigenvalue weighted by atomic mass is 19.1. The van der Waals surface area contributed by atoms with Gasteiger partial charge in [-0.25, -0.2) is 4.39 Å². The Bertz CT molecular complexity index is 740. The van der Waals surface area contributed by atoms with Crippen LogP contribution in [0.3, 0.4) is 0 Å². The highest BCUT2D eigenvalue weighted by molar-refractivity contribution is 5.92. The smallest absolute Gasteiger partial charge is 0.238 e. The average molecular weight is 326 g/mol. The third-order valence-electron chi connectivity index (χ3n) is 4.51. The lowest BCUT2D eigenvalue weighted by molar-refractivity contribution is -0.117. The SMILES string of the molecule is Cc1ccc(CN(CC(=O)Nc2ccccc2F)C2CC2)cc1C. The number of hydrogen-bond acceptors (Lipinski definition) is 2. The zero-order valence-corrected chi connectivity index (χ0v) is 14.2. The Kier molecular flexibility index (Phi) is 4.95. The van der Waals surface area contributed by atoms with E-state index in [0.29, 0.717) is 6.04 Å². The van der Waals surface area contributed by atoms with Crippen molar-refractivity contribution in [1.29, 1.82) is 0 Å². The maximum Gasteiger partial charge on any atom is 0.238 e. The van der Waals surface area contributed by atoms with Crippen LogP contribution in [0.4, 0.5) is 10.1 Å². The van der Waals surface area contributed by atoms with Gasteiger partial charge in [0.25, 0.3) is 0 Å². The van der Waals surface area contributed by atoms with Crippen LogP contribution in [0.25, 0.3) is 0 Å². The molecule has 1 aliphatic rings. The van der Waals surface area contributed by atoms with Crippen molar-refractivity contribution in [2.24, 2.45) is 0 Å². The summed E-state index contributed by atoms with van der Waals surface area (Å²) in [5.74, 6) is -0.575. The summed E-state index contributed by atoms with van der Waals surface area (Å²) in [6.07, 6.45) is 2.25. The van der Waals surface area contributed by atoms with E-state index in [1.165, 1.54) is 22.8 Å². The minimum Gasteiger partial charge on any atom is -0.322 e. The molecule has 1 fully saturated rings. The van der Waals surface area contributed by atoms with Crippen molar-refractivity contribution in [2.45, 2.75) is 39.3 Å². The molecule has 1 aliphatic carbocycles. The minimum absolute atomic E-state index is 0.171. The summed E-state index contributed by atoms with van der Waals surface area (Å²) < 4.78 is 13.7. The van der Waals surface area contributed by atoms with Gasteiger partial charge in [-0.1, -0.05) is 30.3 Å². The van der Waals surface area contributed by atoms with Crippen molar-refractivity contribution in [3.8, 4) is 0 Å². The van der Waals surface area contributed by atoms with Crippen LogP contribution in [0, 0.1) is 19.7 Å². The van der Waals surface area contributed by atoms with Crippen LogP contribution in [0.15, 0.2) is 42.5 Å². The Balaban J connectivity index is 1.64. The maximum absolute atomic E-state index is 13.7. The molecule has 1 amide bonds. The monoisotopic (exact) mass is 326 g/mol. The number of rotatable bonds is 6. The molecule has 1 N–H and O–H groups in total. The third kappa shape index (κ3) is 4.20. The Morgan fingerprint density at radius 3 is 2.58 bits per heavy atom. The zero-order chi connectivity index (χ0) is 17.1. The largest absolute Gasteiger partial charge is 0.322 e. The molecule has 0 unspecified atom stereocenters. The number of benzene rings is 2. The molecule has 3 nitrogen and oxygen atoms in total. The maximum atomic E-state index is 13.7. The van der Waals surface area contributed by atoms with E-state index in [1.54, 1.807) is 18.2 Å². The molecule has 4 heteroatoms. The van der Waals surface area contributed by atoms with Crippen molar-refractivity contribution in [3.05, 3.63) is 65.0 Å². The lowest BCUT2D eigenvalue weighted by Gasteiger charge is -2.22. The van der Waals surface area contributed by atoms with Gasteiger partial charge in [-0.3, -0.25) is 9.69 Å². The topological polar surface area (TPSA) is 32.3 Å². The lowest BCUT2D eigenvalue weighted by Crippen LogP contribution is -2.34. The Morgan fingerprint density at radius 2 is 1.92 bits per heavy atom. The van der Waals surface area contributed by atoms with E-state index < -0.39 is 5.82 Å². The predicted molar refractivity (Wildman–Crippen MR) is 94.4 cm³/mol. The van der Waals surface area contributed by atoms with Crippen molar-refractivity contribution in [2.75, 3.05) is 11.9 Å². The van der Waals surface area contributed by atoms with Crippen LogP contribution in [-0.2, 0) is 11.3 Å². The van der Waals surface area contributed by atoms with Gasteiger partial charge in [0.2, 0.25) is 5.91 Å². The van der Waals surface area contributed by atoms with Gasteiger partial charge in [0.1, 0.15) is 5.82 Å². The molecule has 0 heterocycles. The fraction of sp³-hybridized carbons (Fsp3) is 0.350. The first kappa shape index (κ1) is 16.7. The van der Waals surface area contributed by atoms with Gasteiger partial charge < -0.3 is 5.32 Å². The summed E-state index contributed by atoms with van der Waals surface area (Å²) in [6.45, 7) is 5.23. The number of nitrogens with one attached hydrogen (secondary N) is 1. The fourth-order valence-corrected chi connectivity index (χ4v) is 2.83. The summed E-state index contributed by atoms with van der Waals surface area (Å²) in [6, 6.07) is 13.1. The van der Waals surface area contributed by atoms with Crippen LogP contribution >= 0.6 is 0 Å². The van der Waals surface area contributed by atoms with Crippen molar-refractivity contribution in [1.82, 2.24) is 4.90 Å². The van der Waals surface area contributed by atoms with Gasteiger partial charge in [-0.05, 0) is 55.5 Å². The molecule has 0 saturated heterocycles. The summed E-state index contributed by atoms with van der Waals surface area (Å²) >= 11 is 0. The second kappa shape index (κ2) is 7.14. The van der Waals surface area contributed by atoms with E-state index in [1.807, 2.05) is 0 Å². The zero-order valence-electron chi connectivity index (χ0n) is 14.2. The number of anilines is 1. The normalized spacial score (nSPS) is 14.0. The van der Waals surface area contributed by atoms with Gasteiger partial charge in [0.15, 0.2) is 0 Å². The Hall–Kier alpha value is -2.20.